The van der Waals surface area contributed by atoms with Gasteiger partial charge in [0.2, 0.25) is 0 Å². The highest BCUT2D eigenvalue weighted by molar-refractivity contribution is 5.99. The van der Waals surface area contributed by atoms with Crippen LogP contribution in [0.5, 0.6) is 5.75 Å². The lowest BCUT2D eigenvalue weighted by molar-refractivity contribution is -0.143. The molecule has 0 atom stereocenters. The van der Waals surface area contributed by atoms with Gasteiger partial charge in [0.25, 0.3) is 5.91 Å². The standard InChI is InChI=1S/C30H33NO5/c1-19-16-23-5-6-24(18-25(23)17-20(19)2)29(33)31-15-3-4-28(32)21-7-11-26(12-8-21)36-27-13-9-22(10-14-27)30(34)35/h5-8,11-12,16-18,22,27H,3-4,9-10,13-15H2,1-2H3,(H,31,33)(H,34,35). The van der Waals surface area contributed by atoms with Gasteiger partial charge >= 0.3 is 5.97 Å². The molecular weight excluding hydrogens is 454 g/mol. The summed E-state index contributed by atoms with van der Waals surface area (Å²) in [4.78, 5) is 36.2. The minimum atomic E-state index is -0.727. The number of nitrogens with one attached hydrogen (secondary N) is 1. The summed E-state index contributed by atoms with van der Waals surface area (Å²) in [5.74, 6) is -0.417. The van der Waals surface area contributed by atoms with Crippen molar-refractivity contribution in [3.8, 4) is 5.75 Å². The van der Waals surface area contributed by atoms with Crippen LogP contribution < -0.4 is 10.1 Å². The quantitative estimate of drug-likeness (QED) is 0.291. The number of carboxylic acid groups (broad SMARTS) is 1. The molecule has 2 N–H and O–H groups in total. The number of Topliss-reactive ketones (excluding diaryl/α,β-unsaturated/α-hetero) is 1. The van der Waals surface area contributed by atoms with Gasteiger partial charge in [0, 0.05) is 24.1 Å². The van der Waals surface area contributed by atoms with Gasteiger partial charge in [-0.1, -0.05) is 18.2 Å². The van der Waals surface area contributed by atoms with E-state index < -0.39 is 5.97 Å². The van der Waals surface area contributed by atoms with E-state index in [-0.39, 0.29) is 23.7 Å². The van der Waals surface area contributed by atoms with E-state index in [0.29, 0.717) is 49.1 Å². The summed E-state index contributed by atoms with van der Waals surface area (Å²) in [5, 5.41) is 14.2. The number of benzene rings is 3. The normalized spacial score (nSPS) is 17.5. The SMILES string of the molecule is Cc1cc2ccc(C(=O)NCCCC(=O)c3ccc(OC4CCC(C(=O)O)CC4)cc3)cc2cc1C. The Morgan fingerprint density at radius 2 is 1.50 bits per heavy atom. The fraction of sp³-hybridized carbons (Fsp3) is 0.367. The van der Waals surface area contributed by atoms with E-state index >= 15 is 0 Å². The zero-order chi connectivity index (χ0) is 25.7. The highest BCUT2D eigenvalue weighted by Gasteiger charge is 2.26. The van der Waals surface area contributed by atoms with Crippen LogP contribution in [0.25, 0.3) is 10.8 Å². The fourth-order valence-corrected chi connectivity index (χ4v) is 4.70. The summed E-state index contributed by atoms with van der Waals surface area (Å²) < 4.78 is 5.97. The van der Waals surface area contributed by atoms with Gasteiger partial charge in [0.15, 0.2) is 5.78 Å². The lowest BCUT2D eigenvalue weighted by Gasteiger charge is -2.26. The van der Waals surface area contributed by atoms with E-state index in [1.54, 1.807) is 24.3 Å². The number of aryl methyl sites for hydroxylation is 2. The fourth-order valence-electron chi connectivity index (χ4n) is 4.70. The van der Waals surface area contributed by atoms with E-state index in [9.17, 15) is 14.4 Å². The number of hydrogen-bond donors (Lipinski definition) is 2. The average molecular weight is 488 g/mol. The molecule has 0 spiro atoms. The Morgan fingerprint density at radius 1 is 0.861 bits per heavy atom. The molecule has 36 heavy (non-hydrogen) atoms. The van der Waals surface area contributed by atoms with Crippen molar-refractivity contribution in [2.75, 3.05) is 6.54 Å². The number of aliphatic carboxylic acids is 1. The number of ether oxygens (including phenoxy) is 1. The Labute approximate surface area is 211 Å². The zero-order valence-corrected chi connectivity index (χ0v) is 20.9. The number of carbonyl (C=O) groups excluding carboxylic acids is 2. The first-order chi connectivity index (χ1) is 17.3. The van der Waals surface area contributed by atoms with Crippen molar-refractivity contribution in [2.24, 2.45) is 5.92 Å². The van der Waals surface area contributed by atoms with Crippen molar-refractivity contribution in [1.29, 1.82) is 0 Å². The molecule has 3 aromatic carbocycles. The maximum absolute atomic E-state index is 12.6. The highest BCUT2D eigenvalue weighted by atomic mass is 16.5. The van der Waals surface area contributed by atoms with Crippen LogP contribution in [0.4, 0.5) is 0 Å². The monoisotopic (exact) mass is 487 g/mol. The first kappa shape index (κ1) is 25.4. The van der Waals surface area contributed by atoms with Crippen LogP contribution in [-0.2, 0) is 4.79 Å². The molecule has 6 heteroatoms. The van der Waals surface area contributed by atoms with Crippen molar-refractivity contribution in [1.82, 2.24) is 5.32 Å². The minimum absolute atomic E-state index is 0.0153. The predicted octanol–water partition coefficient (Wildman–Crippen LogP) is 5.87. The molecule has 0 unspecified atom stereocenters. The van der Waals surface area contributed by atoms with Gasteiger partial charge in [0.05, 0.1) is 12.0 Å². The van der Waals surface area contributed by atoms with Gasteiger partial charge in [-0.15, -0.1) is 0 Å². The van der Waals surface area contributed by atoms with Crippen LogP contribution in [0.15, 0.2) is 54.6 Å². The molecule has 0 bridgehead atoms. The number of fused-ring (bicyclic) bond motifs is 1. The van der Waals surface area contributed by atoms with Crippen LogP contribution in [0.3, 0.4) is 0 Å². The van der Waals surface area contributed by atoms with Crippen LogP contribution in [0.2, 0.25) is 0 Å². The summed E-state index contributed by atoms with van der Waals surface area (Å²) in [6, 6.07) is 17.0. The third-order valence-corrected chi connectivity index (χ3v) is 7.08. The molecule has 0 aliphatic heterocycles. The Bertz CT molecular complexity index is 1260. The first-order valence-electron chi connectivity index (χ1n) is 12.6. The summed E-state index contributed by atoms with van der Waals surface area (Å²) >= 11 is 0. The lowest BCUT2D eigenvalue weighted by Crippen LogP contribution is -2.27. The number of rotatable bonds is 9. The lowest BCUT2D eigenvalue weighted by atomic mass is 9.87. The van der Waals surface area contributed by atoms with Crippen molar-refractivity contribution >= 4 is 28.4 Å². The third-order valence-electron chi connectivity index (χ3n) is 7.08. The second kappa shape index (κ2) is 11.4. The van der Waals surface area contributed by atoms with Crippen molar-refractivity contribution < 1.29 is 24.2 Å². The summed E-state index contributed by atoms with van der Waals surface area (Å²) in [7, 11) is 0. The van der Waals surface area contributed by atoms with E-state index in [1.165, 1.54) is 11.1 Å². The number of hydrogen-bond acceptors (Lipinski definition) is 4. The predicted molar refractivity (Wildman–Crippen MR) is 140 cm³/mol. The van der Waals surface area contributed by atoms with Gasteiger partial charge in [-0.3, -0.25) is 14.4 Å². The van der Waals surface area contributed by atoms with Crippen LogP contribution in [0, 0.1) is 19.8 Å². The van der Waals surface area contributed by atoms with Gasteiger partial charge in [0.1, 0.15) is 5.75 Å². The van der Waals surface area contributed by atoms with Crippen molar-refractivity contribution in [3.63, 3.8) is 0 Å². The van der Waals surface area contributed by atoms with Crippen molar-refractivity contribution in [2.45, 2.75) is 58.5 Å². The molecule has 0 saturated heterocycles. The minimum Gasteiger partial charge on any atom is -0.490 e. The van der Waals surface area contributed by atoms with Gasteiger partial charge < -0.3 is 15.2 Å². The highest BCUT2D eigenvalue weighted by Crippen LogP contribution is 2.28. The topological polar surface area (TPSA) is 92.7 Å². The Balaban J connectivity index is 1.21. The largest absolute Gasteiger partial charge is 0.490 e. The number of ketones is 1. The number of amides is 1. The molecule has 0 radical (unpaired) electrons. The van der Waals surface area contributed by atoms with Crippen LogP contribution >= 0.6 is 0 Å². The number of carboxylic acids is 1. The van der Waals surface area contributed by atoms with E-state index in [0.717, 1.165) is 23.6 Å². The summed E-state index contributed by atoms with van der Waals surface area (Å²) in [5.41, 5.74) is 3.65. The molecule has 4 rings (SSSR count). The number of carbonyl (C=O) groups is 3. The molecule has 1 aliphatic rings. The molecule has 1 saturated carbocycles. The van der Waals surface area contributed by atoms with Gasteiger partial charge in [-0.2, -0.15) is 0 Å². The summed E-state index contributed by atoms with van der Waals surface area (Å²) in [6.07, 6.45) is 3.63. The second-order valence-corrected chi connectivity index (χ2v) is 9.74. The Morgan fingerprint density at radius 3 is 2.17 bits per heavy atom. The van der Waals surface area contributed by atoms with E-state index in [1.807, 2.05) is 18.2 Å². The van der Waals surface area contributed by atoms with E-state index in [4.69, 9.17) is 9.84 Å². The van der Waals surface area contributed by atoms with E-state index in [2.05, 4.69) is 31.3 Å². The molecule has 1 aliphatic carbocycles. The molecule has 188 valence electrons. The van der Waals surface area contributed by atoms with Crippen LogP contribution in [0.1, 0.15) is 70.4 Å². The molecular formula is C30H33NO5. The third kappa shape index (κ3) is 6.30. The average Bonchev–Trinajstić information content (AvgIpc) is 2.87. The molecule has 6 nitrogen and oxygen atoms in total. The first-order valence-corrected chi connectivity index (χ1v) is 12.6. The zero-order valence-electron chi connectivity index (χ0n) is 20.9. The Hall–Kier alpha value is -3.67. The smallest absolute Gasteiger partial charge is 0.306 e. The molecule has 1 amide bonds. The maximum Gasteiger partial charge on any atom is 0.306 e. The van der Waals surface area contributed by atoms with Crippen LogP contribution in [-0.4, -0.2) is 35.4 Å². The van der Waals surface area contributed by atoms with Gasteiger partial charge in [-0.05, 0) is 104 Å². The molecule has 3 aromatic rings. The second-order valence-electron chi connectivity index (χ2n) is 9.74. The molecule has 0 aromatic heterocycles. The summed E-state index contributed by atoms with van der Waals surface area (Å²) in [6.45, 7) is 4.57. The molecule has 1 fully saturated rings. The van der Waals surface area contributed by atoms with Crippen molar-refractivity contribution in [3.05, 3.63) is 76.9 Å². The molecule has 0 heterocycles. The Kier molecular flexibility index (Phi) is 8.04. The maximum atomic E-state index is 12.6. The van der Waals surface area contributed by atoms with Gasteiger partial charge in [-0.25, -0.2) is 0 Å².